The maximum absolute atomic E-state index is 12.7. The minimum Gasteiger partial charge on any atom is -0.317 e. The van der Waals surface area contributed by atoms with Gasteiger partial charge in [0.15, 0.2) is 0 Å². The molecule has 2 amide bonds. The Bertz CT molecular complexity index is 783. The number of thiophene rings is 1. The summed E-state index contributed by atoms with van der Waals surface area (Å²) in [7, 11) is 1.77. The van der Waals surface area contributed by atoms with E-state index in [4.69, 9.17) is 0 Å². The van der Waals surface area contributed by atoms with Crippen LogP contribution in [0.2, 0.25) is 0 Å². The number of hydrogen-bond acceptors (Lipinski definition) is 3. The molecule has 1 aromatic carbocycles. The fourth-order valence-corrected chi connectivity index (χ4v) is 3.44. The monoisotopic (exact) mass is 356 g/mol. The fourth-order valence-electron chi connectivity index (χ4n) is 2.56. The van der Waals surface area contributed by atoms with Crippen molar-refractivity contribution < 1.29 is 9.59 Å². The highest BCUT2D eigenvalue weighted by Gasteiger charge is 2.30. The first-order valence-corrected chi connectivity index (χ1v) is 9.36. The van der Waals surface area contributed by atoms with E-state index >= 15 is 0 Å². The number of hydrogen-bond donors (Lipinski definition) is 1. The lowest BCUT2D eigenvalue weighted by atomic mass is 9.87. The largest absolute Gasteiger partial charge is 0.317 e. The lowest BCUT2D eigenvalue weighted by Gasteiger charge is -2.21. The molecule has 1 heterocycles. The van der Waals surface area contributed by atoms with E-state index in [9.17, 15) is 9.59 Å². The van der Waals surface area contributed by atoms with E-state index in [2.05, 4.69) is 38.2 Å². The molecular weight excluding hydrogens is 332 g/mol. The van der Waals surface area contributed by atoms with Gasteiger partial charge >= 0.3 is 0 Å². The first kappa shape index (κ1) is 17.7. The van der Waals surface area contributed by atoms with E-state index in [-0.39, 0.29) is 23.1 Å². The Morgan fingerprint density at radius 3 is 2.28 bits per heavy atom. The summed E-state index contributed by atoms with van der Waals surface area (Å²) in [4.78, 5) is 26.8. The topological polar surface area (TPSA) is 49.4 Å². The molecule has 2 aromatic rings. The van der Waals surface area contributed by atoms with Gasteiger partial charge in [-0.05, 0) is 48.1 Å². The quantitative estimate of drug-likeness (QED) is 0.865. The summed E-state index contributed by atoms with van der Waals surface area (Å²) in [5.41, 5.74) is 2.18. The highest BCUT2D eigenvalue weighted by atomic mass is 32.1. The van der Waals surface area contributed by atoms with Gasteiger partial charge < -0.3 is 10.2 Å². The van der Waals surface area contributed by atoms with Gasteiger partial charge in [-0.3, -0.25) is 9.59 Å². The first-order valence-electron chi connectivity index (χ1n) is 8.55. The molecule has 1 aromatic heterocycles. The average molecular weight is 356 g/mol. The molecule has 132 valence electrons. The lowest BCUT2D eigenvalue weighted by Crippen LogP contribution is -2.25. The number of anilines is 2. The second kappa shape index (κ2) is 6.64. The minimum absolute atomic E-state index is 0.0620. The molecule has 5 heteroatoms. The van der Waals surface area contributed by atoms with Gasteiger partial charge in [0.2, 0.25) is 5.91 Å². The summed E-state index contributed by atoms with van der Waals surface area (Å²) in [6.45, 7) is 6.50. The van der Waals surface area contributed by atoms with Gasteiger partial charge in [0.1, 0.15) is 0 Å². The van der Waals surface area contributed by atoms with Gasteiger partial charge in [0, 0.05) is 18.7 Å². The molecule has 1 aliphatic rings. The van der Waals surface area contributed by atoms with E-state index in [0.29, 0.717) is 4.88 Å². The summed E-state index contributed by atoms with van der Waals surface area (Å²) in [6.07, 6.45) is 1.94. The minimum atomic E-state index is -0.0690. The summed E-state index contributed by atoms with van der Waals surface area (Å²) in [6, 6.07) is 11.7. The molecule has 0 spiro atoms. The number of rotatable bonds is 4. The van der Waals surface area contributed by atoms with Crippen molar-refractivity contribution in [3.63, 3.8) is 0 Å². The van der Waals surface area contributed by atoms with Crippen molar-refractivity contribution in [2.24, 2.45) is 5.92 Å². The van der Waals surface area contributed by atoms with Crippen LogP contribution in [0.3, 0.4) is 0 Å². The number of benzene rings is 1. The van der Waals surface area contributed by atoms with Crippen LogP contribution >= 0.6 is 11.3 Å². The fraction of sp³-hybridized carbons (Fsp3) is 0.400. The Balaban J connectivity index is 1.69. The van der Waals surface area contributed by atoms with Crippen LogP contribution in [0.1, 0.15) is 48.8 Å². The maximum atomic E-state index is 12.7. The summed E-state index contributed by atoms with van der Waals surface area (Å²) in [5.74, 6) is 0.151. The molecule has 3 rings (SSSR count). The Hall–Kier alpha value is -2.14. The molecule has 0 unspecified atom stereocenters. The smallest absolute Gasteiger partial charge is 0.268 e. The van der Waals surface area contributed by atoms with Crippen molar-refractivity contribution in [3.8, 4) is 0 Å². The van der Waals surface area contributed by atoms with Gasteiger partial charge in [-0.15, -0.1) is 11.3 Å². The third-order valence-corrected chi connectivity index (χ3v) is 5.43. The van der Waals surface area contributed by atoms with Gasteiger partial charge in [0.05, 0.1) is 9.88 Å². The Kier molecular flexibility index (Phi) is 4.69. The van der Waals surface area contributed by atoms with E-state index < -0.39 is 0 Å². The molecule has 1 N–H and O–H groups in total. The molecule has 1 saturated carbocycles. The number of carbonyl (C=O) groups is 2. The molecule has 0 bridgehead atoms. The molecule has 25 heavy (non-hydrogen) atoms. The maximum Gasteiger partial charge on any atom is 0.268 e. The Morgan fingerprint density at radius 2 is 1.72 bits per heavy atom. The number of nitrogens with one attached hydrogen (secondary N) is 1. The summed E-state index contributed by atoms with van der Waals surface area (Å²) < 4.78 is 0. The Morgan fingerprint density at radius 1 is 1.08 bits per heavy atom. The van der Waals surface area contributed by atoms with Crippen molar-refractivity contribution in [1.82, 2.24) is 0 Å². The number of nitrogens with zero attached hydrogens (tertiary/aromatic N) is 1. The predicted molar refractivity (Wildman–Crippen MR) is 104 cm³/mol. The third-order valence-electron chi connectivity index (χ3n) is 4.44. The van der Waals surface area contributed by atoms with Crippen LogP contribution in [-0.4, -0.2) is 18.9 Å². The molecule has 0 atom stereocenters. The second-order valence-corrected chi connectivity index (χ2v) is 8.67. The zero-order chi connectivity index (χ0) is 18.2. The van der Waals surface area contributed by atoms with Gasteiger partial charge in [0.25, 0.3) is 5.91 Å². The molecule has 0 radical (unpaired) electrons. The third kappa shape index (κ3) is 4.10. The lowest BCUT2D eigenvalue weighted by molar-refractivity contribution is -0.117. The summed E-state index contributed by atoms with van der Waals surface area (Å²) >= 11 is 1.32. The van der Waals surface area contributed by atoms with Crippen LogP contribution in [0.4, 0.5) is 10.7 Å². The molecule has 0 aliphatic heterocycles. The van der Waals surface area contributed by atoms with Crippen molar-refractivity contribution >= 4 is 33.8 Å². The van der Waals surface area contributed by atoms with E-state index in [1.807, 2.05) is 12.1 Å². The zero-order valence-corrected chi connectivity index (χ0v) is 15.9. The van der Waals surface area contributed by atoms with Crippen molar-refractivity contribution in [2.45, 2.75) is 39.0 Å². The standard InChI is InChI=1S/C20H24N2O2S/c1-20(2,3)14-7-9-15(10-8-14)22(4)19(24)16-11-12-17(25-16)21-18(23)13-5-6-13/h7-13H,5-6H2,1-4H3,(H,21,23). The average Bonchev–Trinajstić information content (AvgIpc) is 3.33. The van der Waals surface area contributed by atoms with Crippen LogP contribution in [0.5, 0.6) is 0 Å². The Labute approximate surface area is 152 Å². The van der Waals surface area contributed by atoms with Crippen molar-refractivity contribution in [3.05, 3.63) is 46.8 Å². The number of carbonyl (C=O) groups excluding carboxylic acids is 2. The van der Waals surface area contributed by atoms with Crippen molar-refractivity contribution in [1.29, 1.82) is 0 Å². The first-order chi connectivity index (χ1) is 11.8. The summed E-state index contributed by atoms with van der Waals surface area (Å²) in [5, 5.41) is 3.62. The molecule has 1 aliphatic carbocycles. The highest BCUT2D eigenvalue weighted by Crippen LogP contribution is 2.32. The van der Waals surface area contributed by atoms with E-state index in [1.54, 1.807) is 24.1 Å². The SMILES string of the molecule is CN(C(=O)c1ccc(NC(=O)C2CC2)s1)c1ccc(C(C)(C)C)cc1. The van der Waals surface area contributed by atoms with Crippen LogP contribution < -0.4 is 10.2 Å². The zero-order valence-electron chi connectivity index (χ0n) is 15.1. The predicted octanol–water partition coefficient (Wildman–Crippen LogP) is 4.67. The molecule has 4 nitrogen and oxygen atoms in total. The normalized spacial score (nSPS) is 14.2. The van der Waals surface area contributed by atoms with Crippen LogP contribution in [0.15, 0.2) is 36.4 Å². The molecular formula is C20H24N2O2S. The van der Waals surface area contributed by atoms with Crippen LogP contribution in [0, 0.1) is 5.92 Å². The van der Waals surface area contributed by atoms with Crippen LogP contribution in [-0.2, 0) is 10.2 Å². The van der Waals surface area contributed by atoms with E-state index in [1.165, 1.54) is 16.9 Å². The molecule has 0 saturated heterocycles. The molecule has 1 fully saturated rings. The van der Waals surface area contributed by atoms with Crippen molar-refractivity contribution in [2.75, 3.05) is 17.3 Å². The van der Waals surface area contributed by atoms with E-state index in [0.717, 1.165) is 23.5 Å². The number of amides is 2. The van der Waals surface area contributed by atoms with Gasteiger partial charge in [-0.2, -0.15) is 0 Å². The highest BCUT2D eigenvalue weighted by molar-refractivity contribution is 7.18. The second-order valence-electron chi connectivity index (χ2n) is 7.59. The van der Waals surface area contributed by atoms with Gasteiger partial charge in [-0.1, -0.05) is 32.9 Å². The van der Waals surface area contributed by atoms with Crippen LogP contribution in [0.25, 0.3) is 0 Å². The van der Waals surface area contributed by atoms with Gasteiger partial charge in [-0.25, -0.2) is 0 Å².